The maximum absolute atomic E-state index is 12.1. The fourth-order valence-electron chi connectivity index (χ4n) is 2.09. The number of carbonyl (C=O) groups is 1. The van der Waals surface area contributed by atoms with Gasteiger partial charge in [-0.1, -0.05) is 11.8 Å². The average Bonchev–Trinajstić information content (AvgIpc) is 2.95. The third kappa shape index (κ3) is 4.78. The summed E-state index contributed by atoms with van der Waals surface area (Å²) >= 11 is 1.39. The Kier molecular flexibility index (Phi) is 6.74. The molecule has 0 saturated heterocycles. The molecule has 0 aliphatic heterocycles. The third-order valence-electron chi connectivity index (χ3n) is 3.26. The maximum atomic E-state index is 12.1. The van der Waals surface area contributed by atoms with Gasteiger partial charge >= 0.3 is 0 Å². The van der Waals surface area contributed by atoms with E-state index in [-0.39, 0.29) is 17.2 Å². The molecule has 7 nitrogen and oxygen atoms in total. The van der Waals surface area contributed by atoms with E-state index in [0.29, 0.717) is 18.3 Å². The topological polar surface area (TPSA) is 81.9 Å². The highest BCUT2D eigenvalue weighted by Gasteiger charge is 2.21. The number of amides is 1. The summed E-state index contributed by atoms with van der Waals surface area (Å²) in [5, 5.41) is 11.9. The summed E-state index contributed by atoms with van der Waals surface area (Å²) in [5.41, 5.74) is 0.930. The first-order chi connectivity index (χ1) is 11.5. The zero-order valence-electron chi connectivity index (χ0n) is 14.4. The molecular weight excluding hydrogens is 326 g/mol. The monoisotopic (exact) mass is 349 g/mol. The summed E-state index contributed by atoms with van der Waals surface area (Å²) in [6, 6.07) is 3.88. The zero-order chi connectivity index (χ0) is 17.5. The van der Waals surface area contributed by atoms with Crippen molar-refractivity contribution in [2.24, 2.45) is 0 Å². The first kappa shape index (κ1) is 18.4. The Morgan fingerprint density at radius 2 is 2.00 bits per heavy atom. The minimum atomic E-state index is -0.261. The van der Waals surface area contributed by atoms with E-state index in [1.165, 1.54) is 11.8 Å². The predicted octanol–water partition coefficient (Wildman–Crippen LogP) is 1.99. The van der Waals surface area contributed by atoms with Crippen molar-refractivity contribution in [2.45, 2.75) is 43.8 Å². The molecule has 8 heteroatoms. The summed E-state index contributed by atoms with van der Waals surface area (Å²) in [5.74, 6) is 0.732. The molecule has 0 spiro atoms. The summed E-state index contributed by atoms with van der Waals surface area (Å²) in [6.07, 6.45) is 3.44. The molecule has 0 radical (unpaired) electrons. The Labute approximate surface area is 146 Å². The van der Waals surface area contributed by atoms with Gasteiger partial charge in [-0.05, 0) is 32.9 Å². The number of carbonyl (C=O) groups excluding carboxylic acids is 1. The Morgan fingerprint density at radius 1 is 1.29 bits per heavy atom. The molecule has 0 fully saturated rings. The van der Waals surface area contributed by atoms with Crippen LogP contribution in [0.25, 0.3) is 11.4 Å². The Balaban J connectivity index is 2.23. The number of thioether (sulfide) groups is 1. The minimum Gasteiger partial charge on any atom is -0.383 e. The van der Waals surface area contributed by atoms with Gasteiger partial charge in [-0.15, -0.1) is 10.2 Å². The summed E-state index contributed by atoms with van der Waals surface area (Å²) in [4.78, 5) is 16.2. The number of hydrogen-bond acceptors (Lipinski definition) is 6. The van der Waals surface area contributed by atoms with Gasteiger partial charge in [0.25, 0.3) is 0 Å². The number of methoxy groups -OCH3 is 1. The Hall–Kier alpha value is -1.93. The highest BCUT2D eigenvalue weighted by Crippen LogP contribution is 2.26. The van der Waals surface area contributed by atoms with Crippen molar-refractivity contribution < 1.29 is 9.53 Å². The number of aromatic nitrogens is 4. The van der Waals surface area contributed by atoms with Crippen LogP contribution in [0.15, 0.2) is 29.7 Å². The summed E-state index contributed by atoms with van der Waals surface area (Å²) < 4.78 is 7.16. The molecule has 1 N–H and O–H groups in total. The molecule has 24 heavy (non-hydrogen) atoms. The molecule has 2 aromatic rings. The standard InChI is InChI=1S/C16H23N5O2S/c1-11(2)18-15(22)12(3)24-16-20-19-14(21(16)9-10-23-4)13-5-7-17-8-6-13/h5-8,11-12H,9-10H2,1-4H3,(H,18,22)/t12-/m1/s1. The lowest BCUT2D eigenvalue weighted by Gasteiger charge is -2.15. The fraction of sp³-hybridized carbons (Fsp3) is 0.500. The molecule has 2 aromatic heterocycles. The van der Waals surface area contributed by atoms with E-state index in [4.69, 9.17) is 4.74 Å². The Morgan fingerprint density at radius 3 is 2.62 bits per heavy atom. The van der Waals surface area contributed by atoms with E-state index < -0.39 is 0 Å². The molecule has 1 amide bonds. The van der Waals surface area contributed by atoms with Gasteiger partial charge in [0, 0.05) is 31.1 Å². The molecule has 1 atom stereocenters. The van der Waals surface area contributed by atoms with Crippen molar-refractivity contribution in [2.75, 3.05) is 13.7 Å². The van der Waals surface area contributed by atoms with Crippen molar-refractivity contribution >= 4 is 17.7 Å². The van der Waals surface area contributed by atoms with Crippen molar-refractivity contribution in [1.29, 1.82) is 0 Å². The minimum absolute atomic E-state index is 0.0123. The van der Waals surface area contributed by atoms with Gasteiger partial charge in [-0.2, -0.15) is 0 Å². The van der Waals surface area contributed by atoms with Gasteiger partial charge in [-0.3, -0.25) is 14.3 Å². The van der Waals surface area contributed by atoms with Crippen LogP contribution < -0.4 is 5.32 Å². The van der Waals surface area contributed by atoms with Crippen LogP contribution >= 0.6 is 11.8 Å². The second-order valence-electron chi connectivity index (χ2n) is 5.61. The zero-order valence-corrected chi connectivity index (χ0v) is 15.2. The molecule has 0 aromatic carbocycles. The normalized spacial score (nSPS) is 12.4. The molecule has 2 heterocycles. The van der Waals surface area contributed by atoms with Crippen LogP contribution in [0.5, 0.6) is 0 Å². The van der Waals surface area contributed by atoms with Crippen LogP contribution in [0, 0.1) is 0 Å². The molecule has 0 aliphatic rings. The number of hydrogen-bond donors (Lipinski definition) is 1. The van der Waals surface area contributed by atoms with Crippen LogP contribution in [-0.4, -0.2) is 50.7 Å². The van der Waals surface area contributed by atoms with Gasteiger partial charge in [0.15, 0.2) is 11.0 Å². The Bertz CT molecular complexity index is 660. The number of ether oxygens (including phenoxy) is 1. The van der Waals surface area contributed by atoms with Crippen molar-refractivity contribution in [1.82, 2.24) is 25.1 Å². The first-order valence-electron chi connectivity index (χ1n) is 7.82. The second-order valence-corrected chi connectivity index (χ2v) is 6.92. The number of pyridine rings is 1. The SMILES string of the molecule is COCCn1c(S[C@H](C)C(=O)NC(C)C)nnc1-c1ccncc1. The van der Waals surface area contributed by atoms with Gasteiger partial charge in [0.2, 0.25) is 5.91 Å². The first-order valence-corrected chi connectivity index (χ1v) is 8.70. The largest absolute Gasteiger partial charge is 0.383 e. The maximum Gasteiger partial charge on any atom is 0.233 e. The number of nitrogens with one attached hydrogen (secondary N) is 1. The lowest BCUT2D eigenvalue weighted by Crippen LogP contribution is -2.36. The van der Waals surface area contributed by atoms with Crippen LogP contribution in [0.3, 0.4) is 0 Å². The second kappa shape index (κ2) is 8.79. The van der Waals surface area contributed by atoms with Gasteiger partial charge in [0.1, 0.15) is 0 Å². The van der Waals surface area contributed by atoms with Gasteiger partial charge in [0.05, 0.1) is 18.4 Å². The van der Waals surface area contributed by atoms with E-state index >= 15 is 0 Å². The van der Waals surface area contributed by atoms with Crippen molar-refractivity contribution in [3.05, 3.63) is 24.5 Å². The van der Waals surface area contributed by atoms with Crippen molar-refractivity contribution in [3.8, 4) is 11.4 Å². The van der Waals surface area contributed by atoms with Crippen LogP contribution in [0.1, 0.15) is 20.8 Å². The number of nitrogens with zero attached hydrogens (tertiary/aromatic N) is 4. The molecule has 0 bridgehead atoms. The molecule has 0 saturated carbocycles. The van der Waals surface area contributed by atoms with E-state index in [1.807, 2.05) is 37.5 Å². The van der Waals surface area contributed by atoms with Gasteiger partial charge in [-0.25, -0.2) is 0 Å². The molecule has 2 rings (SSSR count). The molecule has 130 valence electrons. The van der Waals surface area contributed by atoms with E-state index in [2.05, 4.69) is 20.5 Å². The van der Waals surface area contributed by atoms with Gasteiger partial charge < -0.3 is 10.1 Å². The smallest absolute Gasteiger partial charge is 0.233 e. The fourth-order valence-corrected chi connectivity index (χ4v) is 2.97. The van der Waals surface area contributed by atoms with E-state index in [0.717, 1.165) is 11.4 Å². The number of rotatable bonds is 8. The highest BCUT2D eigenvalue weighted by atomic mass is 32.2. The quantitative estimate of drug-likeness (QED) is 0.734. The highest BCUT2D eigenvalue weighted by molar-refractivity contribution is 8.00. The molecule has 0 aliphatic carbocycles. The van der Waals surface area contributed by atoms with Crippen LogP contribution in [0.4, 0.5) is 0 Å². The van der Waals surface area contributed by atoms with E-state index in [1.54, 1.807) is 19.5 Å². The van der Waals surface area contributed by atoms with Crippen LogP contribution in [0.2, 0.25) is 0 Å². The van der Waals surface area contributed by atoms with Crippen LogP contribution in [-0.2, 0) is 16.1 Å². The molecule has 0 unspecified atom stereocenters. The summed E-state index contributed by atoms with van der Waals surface area (Å²) in [7, 11) is 1.65. The van der Waals surface area contributed by atoms with Crippen molar-refractivity contribution in [3.63, 3.8) is 0 Å². The lowest BCUT2D eigenvalue weighted by molar-refractivity contribution is -0.120. The summed E-state index contributed by atoms with van der Waals surface area (Å²) in [6.45, 7) is 6.90. The predicted molar refractivity (Wildman–Crippen MR) is 93.7 cm³/mol. The third-order valence-corrected chi connectivity index (χ3v) is 4.34. The molecular formula is C16H23N5O2S. The lowest BCUT2D eigenvalue weighted by atomic mass is 10.2. The van der Waals surface area contributed by atoms with E-state index in [9.17, 15) is 4.79 Å². The average molecular weight is 349 g/mol.